The number of aromatic nitrogens is 5. The number of ether oxygens (including phenoxy) is 1. The van der Waals surface area contributed by atoms with Gasteiger partial charge in [0, 0.05) is 125 Å². The molecule has 0 bridgehead atoms. The molecule has 20 rings (SSSR count). The molecule has 31 nitrogen and oxygen atoms in total. The van der Waals surface area contributed by atoms with Gasteiger partial charge in [-0.25, -0.2) is 24.0 Å². The third-order valence-corrected chi connectivity index (χ3v) is 29.1. The predicted octanol–water partition coefficient (Wildman–Crippen LogP) is 12.1. The Kier molecular flexibility index (Phi) is 30.5. The number of nitrogens with zero attached hydrogens (tertiary/aromatic N) is 7. The van der Waals surface area contributed by atoms with E-state index in [1.165, 1.54) is 78.8 Å². The molecule has 9 fully saturated rings. The molecule has 5 aromatic heterocycles. The van der Waals surface area contributed by atoms with Crippen molar-refractivity contribution in [3.05, 3.63) is 295 Å². The maximum absolute atomic E-state index is 12.2. The summed E-state index contributed by atoms with van der Waals surface area (Å²) in [6.45, 7) is 26.7. The SMILES string of the molecule is CCc1cc(C(=O)O)c(=O)[nH]c1-c1ccc(N2CCC(CN)C2)cc1.CCc1cc(C(=O)O)c(=O)[nH]c1-c1ccc(N2CCO[C@H]3CNC[C@H]32)cc1.CCc1cc(C(=O)O)c(=O)[nH]c1-c1ccc(N2C[C@@H]3CCN(Cc4ccccc4)[C@@H]3C2)cc1.CCc1cc(C(=O)O)c(=O)[nH]c1-c1ccc(N2C[C@@H]3CCN[C@@H]3C2)cc1.CCc1cc(C(=O)O)c(=O)[nH]c1-c1ccc(N2C[C@H]3CCN(C)[C@H]3C2)cc1. The van der Waals surface area contributed by atoms with E-state index in [0.717, 1.165) is 177 Å². The normalized spacial score (nSPS) is 20.7. The highest BCUT2D eigenvalue weighted by atomic mass is 16.5. The van der Waals surface area contributed by atoms with Crippen molar-refractivity contribution < 1.29 is 54.2 Å². The van der Waals surface area contributed by atoms with Gasteiger partial charge >= 0.3 is 29.8 Å². The number of H-pyrrole nitrogens is 5. The Hall–Kier alpha value is -13.8. The van der Waals surface area contributed by atoms with Gasteiger partial charge in [0.15, 0.2) is 0 Å². The van der Waals surface area contributed by atoms with Crippen LogP contribution in [-0.2, 0) is 43.4 Å². The number of hydrogen-bond donors (Lipinski definition) is 13. The smallest absolute Gasteiger partial charge is 0.341 e. The minimum absolute atomic E-state index is 0.208. The molecule has 11 aromatic rings. The van der Waals surface area contributed by atoms with Crippen molar-refractivity contribution in [2.45, 2.75) is 129 Å². The second-order valence-electron chi connectivity index (χ2n) is 37.2. The van der Waals surface area contributed by atoms with E-state index in [1.807, 2.05) is 107 Å². The number of aromatic amines is 5. The summed E-state index contributed by atoms with van der Waals surface area (Å²) in [5.41, 5.74) is 21.1. The maximum atomic E-state index is 12.2. The van der Waals surface area contributed by atoms with Gasteiger partial charge in [-0.2, -0.15) is 0 Å². The predicted molar refractivity (Wildman–Crippen MR) is 537 cm³/mol. The number of aryl methyl sites for hydroxylation is 5. The molecule has 31 heteroatoms. The third-order valence-electron chi connectivity index (χ3n) is 29.1. The van der Waals surface area contributed by atoms with Gasteiger partial charge in [0.1, 0.15) is 27.8 Å². The number of anilines is 5. The number of aromatic carboxylic acids is 5. The number of likely N-dealkylation sites (tertiary alicyclic amines) is 2. The number of carboxylic acid groups (broad SMARTS) is 5. The van der Waals surface area contributed by atoms with E-state index in [2.05, 4.69) is 156 Å². The number of nitrogens with two attached hydrogens (primary N) is 1. The van der Waals surface area contributed by atoms with E-state index in [0.29, 0.717) is 110 Å². The Labute approximate surface area is 799 Å². The first-order valence-electron chi connectivity index (χ1n) is 48.2. The average Bonchev–Trinajstić information content (AvgIpc) is 1.73. The Bertz CT molecular complexity index is 6550. The monoisotopic (exact) mass is 1870 g/mol. The standard InChI is InChI=1S/C27H29N3O3.C21H25N3O3.C20H23N3O4.C20H23N3O3.C19H23N3O3/c1-2-19-14-23(27(32)33)26(31)28-25(19)20-8-10-22(11-9-20)30-16-21-12-13-29(24(21)17-30)15-18-6-4-3-5-7-18;1-3-13-10-17(21(26)27)20(25)22-19(13)14-4-6-16(7-5-14)24-11-15-8-9-23(2)18(15)12-24;1-2-12-9-15(20(25)26)19(24)22-18(12)13-3-5-14(6-4-13)23-7-8-27-17-11-21-10-16(17)23;1-2-12-9-16(20(25)26)19(24)22-18(12)13-3-5-15(6-4-13)23-10-14-7-8-21-17(14)11-23;1-2-13-9-16(19(24)25)18(23)21-17(13)14-3-5-15(6-4-14)22-8-7-12(10-20)11-22/h3-11,14,21,24H,2,12-13,15-17H2,1H3,(H,28,31)(H,32,33);4-7,10,15,18H,3,8-9,11-12H2,1-2H3,(H,22,25)(H,26,27);3-6,9,16-17,21H,2,7-8,10-11H2,1H3,(H,22,24)(H,25,26);3-6,9,14,17,21H,2,7-8,10-11H2,1H3,(H,22,24)(H,25,26);3-6,9,12H,2,7-8,10-11,20H2,1H3,(H,21,23)(H,24,25)/t21-,24+;15-,18+;16-,17+;14-,17+;/m0110./s1. The van der Waals surface area contributed by atoms with E-state index in [-0.39, 0.29) is 33.9 Å². The van der Waals surface area contributed by atoms with Crippen molar-refractivity contribution in [1.82, 2.24) is 45.4 Å². The number of likely N-dealkylation sites (N-methyl/N-ethyl adjacent to an activating group) is 1. The second kappa shape index (κ2) is 43.3. The topological polar surface area (TPSA) is 433 Å². The van der Waals surface area contributed by atoms with Gasteiger partial charge in [-0.1, -0.05) is 126 Å². The summed E-state index contributed by atoms with van der Waals surface area (Å²) in [5, 5.41) is 52.8. The number of rotatable bonds is 23. The summed E-state index contributed by atoms with van der Waals surface area (Å²) in [6.07, 6.45) is 8.30. The molecule has 0 radical (unpaired) electrons. The first kappa shape index (κ1) is 97.3. The lowest BCUT2D eigenvalue weighted by Crippen LogP contribution is -2.50. The maximum Gasteiger partial charge on any atom is 0.341 e. The highest BCUT2D eigenvalue weighted by Crippen LogP contribution is 2.40. The van der Waals surface area contributed by atoms with Crippen LogP contribution in [0.25, 0.3) is 56.3 Å². The Morgan fingerprint density at radius 2 is 0.739 bits per heavy atom. The van der Waals surface area contributed by atoms with Crippen LogP contribution in [-0.4, -0.2) is 232 Å². The van der Waals surface area contributed by atoms with Crippen molar-refractivity contribution in [3.63, 3.8) is 0 Å². The summed E-state index contributed by atoms with van der Waals surface area (Å²) in [7, 11) is 2.21. The highest BCUT2D eigenvalue weighted by molar-refractivity contribution is 5.91. The molecule has 6 aromatic carbocycles. The highest BCUT2D eigenvalue weighted by Gasteiger charge is 2.43. The van der Waals surface area contributed by atoms with E-state index < -0.39 is 57.6 Å². The fraction of sp³-hybridized carbons (Fsp3) is 0.383. The zero-order chi connectivity index (χ0) is 97.3. The first-order chi connectivity index (χ1) is 66.7. The Morgan fingerprint density at radius 1 is 0.377 bits per heavy atom. The van der Waals surface area contributed by atoms with Crippen LogP contribution in [0.2, 0.25) is 0 Å². The minimum atomic E-state index is -1.21. The van der Waals surface area contributed by atoms with Crippen LogP contribution < -0.4 is 68.7 Å². The fourth-order valence-corrected chi connectivity index (χ4v) is 21.4. The molecule has 0 saturated carbocycles. The van der Waals surface area contributed by atoms with Crippen molar-refractivity contribution in [1.29, 1.82) is 0 Å². The lowest BCUT2D eigenvalue weighted by atomic mass is 10.0. The molecular formula is C107H123N15O16. The van der Waals surface area contributed by atoms with E-state index in [4.69, 9.17) is 30.9 Å². The number of morpholine rings is 1. The molecule has 9 aliphatic rings. The average molecular weight is 1880 g/mol. The number of benzene rings is 6. The first-order valence-corrected chi connectivity index (χ1v) is 48.2. The van der Waals surface area contributed by atoms with Crippen molar-refractivity contribution in [3.8, 4) is 56.3 Å². The molecule has 1 unspecified atom stereocenters. The van der Waals surface area contributed by atoms with Crippen molar-refractivity contribution in [2.24, 2.45) is 29.4 Å². The second-order valence-corrected chi connectivity index (χ2v) is 37.2. The van der Waals surface area contributed by atoms with E-state index in [9.17, 15) is 53.1 Å². The van der Waals surface area contributed by atoms with Crippen molar-refractivity contribution >= 4 is 58.3 Å². The van der Waals surface area contributed by atoms with E-state index >= 15 is 0 Å². The number of carboxylic acids is 5. The summed E-state index contributed by atoms with van der Waals surface area (Å²) in [6, 6.07) is 61.0. The van der Waals surface area contributed by atoms with Crippen LogP contribution in [0.15, 0.2) is 206 Å². The number of fused-ring (bicyclic) bond motifs is 4. The molecule has 0 aliphatic carbocycles. The number of pyridine rings is 5. The van der Waals surface area contributed by atoms with Gasteiger partial charge in [-0.3, -0.25) is 28.9 Å². The summed E-state index contributed by atoms with van der Waals surface area (Å²) in [4.78, 5) is 147. The van der Waals surface area contributed by atoms with Crippen LogP contribution >= 0.6 is 0 Å². The lowest BCUT2D eigenvalue weighted by Gasteiger charge is -2.38. The molecular weight excluding hydrogens is 1750 g/mol. The Balaban J connectivity index is 0.000000125. The molecule has 0 spiro atoms. The molecule has 14 heterocycles. The van der Waals surface area contributed by atoms with Gasteiger partial charge in [-0.05, 0) is 267 Å². The molecule has 14 N–H and O–H groups in total. The molecule has 722 valence electrons. The van der Waals surface area contributed by atoms with Gasteiger partial charge in [0.05, 0.1) is 47.2 Å². The molecule has 9 aliphatic heterocycles. The zero-order valence-corrected chi connectivity index (χ0v) is 78.8. The van der Waals surface area contributed by atoms with Crippen LogP contribution in [0.5, 0.6) is 0 Å². The number of nitrogens with one attached hydrogen (secondary N) is 7. The van der Waals surface area contributed by atoms with Gasteiger partial charge in [-0.15, -0.1) is 0 Å². The van der Waals surface area contributed by atoms with Gasteiger partial charge < -0.3 is 101 Å². The van der Waals surface area contributed by atoms with Crippen molar-refractivity contribution in [2.75, 3.05) is 136 Å². The third kappa shape index (κ3) is 21.5. The Morgan fingerprint density at radius 3 is 1.11 bits per heavy atom. The fourth-order valence-electron chi connectivity index (χ4n) is 21.4. The van der Waals surface area contributed by atoms with Crippen LogP contribution in [0, 0.1) is 23.7 Å². The molecule has 138 heavy (non-hydrogen) atoms. The lowest BCUT2D eigenvalue weighted by molar-refractivity contribution is 0.0349. The summed E-state index contributed by atoms with van der Waals surface area (Å²) >= 11 is 0. The molecule has 0 amide bonds. The quantitative estimate of drug-likeness (QED) is 0.0283. The number of carbonyl (C=O) groups is 5. The van der Waals surface area contributed by atoms with Gasteiger partial charge in [0.2, 0.25) is 0 Å². The van der Waals surface area contributed by atoms with E-state index in [1.54, 1.807) is 0 Å². The zero-order valence-electron chi connectivity index (χ0n) is 78.8. The minimum Gasteiger partial charge on any atom is -0.477 e. The van der Waals surface area contributed by atoms with Crippen LogP contribution in [0.4, 0.5) is 28.4 Å². The molecule has 9 atom stereocenters. The van der Waals surface area contributed by atoms with Crippen LogP contribution in [0.1, 0.15) is 145 Å². The van der Waals surface area contributed by atoms with Crippen LogP contribution in [0.3, 0.4) is 0 Å². The molecule has 9 saturated heterocycles. The van der Waals surface area contributed by atoms with Gasteiger partial charge in [0.25, 0.3) is 27.8 Å². The summed E-state index contributed by atoms with van der Waals surface area (Å²) < 4.78 is 5.83. The summed E-state index contributed by atoms with van der Waals surface area (Å²) in [5.74, 6) is -3.28. The number of hydrogen-bond acceptors (Lipinski definition) is 21. The largest absolute Gasteiger partial charge is 0.477 e.